The SMILES string of the molecule is COC(=O)C(F)(F)C(F)(F)C(F)=C(F)F. The molecule has 0 aliphatic carbocycles. The lowest BCUT2D eigenvalue weighted by atomic mass is 10.1. The zero-order chi connectivity index (χ0) is 12.4. The van der Waals surface area contributed by atoms with Crippen LogP contribution in [0.15, 0.2) is 11.9 Å². The van der Waals surface area contributed by atoms with Crippen molar-refractivity contribution in [1.82, 2.24) is 0 Å². The molecule has 0 fully saturated rings. The van der Waals surface area contributed by atoms with Crippen LogP contribution in [0.1, 0.15) is 0 Å². The number of hydrogen-bond donors (Lipinski definition) is 0. The summed E-state index contributed by atoms with van der Waals surface area (Å²) in [5, 5.41) is 0. The molecule has 0 atom stereocenters. The monoisotopic (exact) mass is 240 g/mol. The first-order valence-corrected chi connectivity index (χ1v) is 3.14. The minimum atomic E-state index is -5.95. The third-order valence-corrected chi connectivity index (χ3v) is 1.28. The second kappa shape index (κ2) is 4.07. The second-order valence-electron chi connectivity index (χ2n) is 2.21. The molecule has 0 aromatic heterocycles. The fourth-order valence-corrected chi connectivity index (χ4v) is 0.513. The van der Waals surface area contributed by atoms with Gasteiger partial charge in [-0.25, -0.2) is 4.79 Å². The molecule has 88 valence electrons. The minimum Gasteiger partial charge on any atom is -0.464 e. The van der Waals surface area contributed by atoms with E-state index in [0.717, 1.165) is 0 Å². The second-order valence-corrected chi connectivity index (χ2v) is 2.21. The number of halogens is 7. The first-order valence-electron chi connectivity index (χ1n) is 3.14. The number of carbonyl (C=O) groups is 1. The molecule has 0 radical (unpaired) electrons. The predicted molar refractivity (Wildman–Crippen MR) is 32.3 cm³/mol. The molecule has 0 aliphatic heterocycles. The summed E-state index contributed by atoms with van der Waals surface area (Å²) in [6.45, 7) is 0. The number of hydrogen-bond acceptors (Lipinski definition) is 2. The van der Waals surface area contributed by atoms with Gasteiger partial charge in [-0.1, -0.05) is 0 Å². The zero-order valence-electron chi connectivity index (χ0n) is 6.96. The van der Waals surface area contributed by atoms with E-state index in [1.165, 1.54) is 0 Å². The molecule has 0 aromatic rings. The Hall–Kier alpha value is -1.28. The van der Waals surface area contributed by atoms with Crippen LogP contribution in [0, 0.1) is 0 Å². The van der Waals surface area contributed by atoms with Crippen molar-refractivity contribution in [3.63, 3.8) is 0 Å². The van der Waals surface area contributed by atoms with Gasteiger partial charge in [-0.2, -0.15) is 30.7 Å². The molecule has 0 saturated carbocycles. The third-order valence-electron chi connectivity index (χ3n) is 1.28. The average molecular weight is 240 g/mol. The summed E-state index contributed by atoms with van der Waals surface area (Å²) >= 11 is 0. The highest BCUT2D eigenvalue weighted by Crippen LogP contribution is 2.42. The van der Waals surface area contributed by atoms with E-state index in [1.54, 1.807) is 0 Å². The smallest absolute Gasteiger partial charge is 0.411 e. The molecular weight excluding hydrogens is 237 g/mol. The summed E-state index contributed by atoms with van der Waals surface area (Å²) in [5.74, 6) is -18.1. The molecular formula is C6H3F7O2. The van der Waals surface area contributed by atoms with Crippen LogP contribution in [0.3, 0.4) is 0 Å². The molecule has 9 heteroatoms. The lowest BCUT2D eigenvalue weighted by Crippen LogP contribution is -2.48. The van der Waals surface area contributed by atoms with Crippen molar-refractivity contribution in [3.8, 4) is 0 Å². The zero-order valence-corrected chi connectivity index (χ0v) is 6.96. The van der Waals surface area contributed by atoms with Gasteiger partial charge in [0.25, 0.3) is 0 Å². The van der Waals surface area contributed by atoms with Gasteiger partial charge in [0.1, 0.15) is 0 Å². The fourth-order valence-electron chi connectivity index (χ4n) is 0.513. The number of carbonyl (C=O) groups excluding carboxylic acids is 1. The van der Waals surface area contributed by atoms with Crippen molar-refractivity contribution in [2.75, 3.05) is 7.11 Å². The van der Waals surface area contributed by atoms with E-state index in [4.69, 9.17) is 0 Å². The van der Waals surface area contributed by atoms with Gasteiger partial charge >= 0.3 is 23.9 Å². The summed E-state index contributed by atoms with van der Waals surface area (Å²) in [4.78, 5) is 10.1. The van der Waals surface area contributed by atoms with Gasteiger partial charge in [0.15, 0.2) is 0 Å². The standard InChI is InChI=1S/C6H3F7O2/c1-15-4(14)6(12,13)5(10,11)2(7)3(8)9/h1H3. The van der Waals surface area contributed by atoms with Crippen LogP contribution in [0.25, 0.3) is 0 Å². The Balaban J connectivity index is 5.38. The highest BCUT2D eigenvalue weighted by molar-refractivity contribution is 5.79. The van der Waals surface area contributed by atoms with E-state index in [2.05, 4.69) is 4.74 Å². The molecule has 0 amide bonds. The number of esters is 1. The van der Waals surface area contributed by atoms with E-state index in [1.807, 2.05) is 0 Å². The Labute approximate surface area is 78.3 Å². The molecule has 0 spiro atoms. The first-order chi connectivity index (χ1) is 6.59. The number of alkyl halides is 4. The summed E-state index contributed by atoms with van der Waals surface area (Å²) < 4.78 is 87.3. The molecule has 0 rings (SSSR count). The van der Waals surface area contributed by atoms with E-state index in [0.29, 0.717) is 7.11 Å². The molecule has 0 unspecified atom stereocenters. The lowest BCUT2D eigenvalue weighted by Gasteiger charge is -2.21. The molecule has 0 aromatic carbocycles. The van der Waals surface area contributed by atoms with E-state index in [-0.39, 0.29) is 0 Å². The topological polar surface area (TPSA) is 26.3 Å². The largest absolute Gasteiger partial charge is 0.464 e. The van der Waals surface area contributed by atoms with Crippen LogP contribution >= 0.6 is 0 Å². The number of rotatable bonds is 3. The Bertz CT molecular complexity index is 292. The molecule has 0 heterocycles. The third kappa shape index (κ3) is 2.21. The van der Waals surface area contributed by atoms with Crippen molar-refractivity contribution in [2.45, 2.75) is 11.8 Å². The predicted octanol–water partition coefficient (Wildman–Crippen LogP) is 2.51. The number of allylic oxidation sites excluding steroid dienone is 1. The Kier molecular flexibility index (Phi) is 3.72. The average Bonchev–Trinajstić information content (AvgIpc) is 2.14. The summed E-state index contributed by atoms with van der Waals surface area (Å²) in [6, 6.07) is 0. The maximum Gasteiger partial charge on any atom is 0.411 e. The van der Waals surface area contributed by atoms with Gasteiger partial charge in [-0.3, -0.25) is 0 Å². The van der Waals surface area contributed by atoms with E-state index < -0.39 is 29.7 Å². The molecule has 0 saturated heterocycles. The number of methoxy groups -OCH3 is 1. The summed E-state index contributed by atoms with van der Waals surface area (Å²) in [7, 11) is 0.319. The molecule has 0 aliphatic rings. The Morgan fingerprint density at radius 1 is 1.00 bits per heavy atom. The van der Waals surface area contributed by atoms with Crippen molar-refractivity contribution < 1.29 is 40.3 Å². The summed E-state index contributed by atoms with van der Waals surface area (Å²) in [5.41, 5.74) is 0. The first kappa shape index (κ1) is 13.7. The normalized spacial score (nSPS) is 12.3. The molecule has 0 N–H and O–H groups in total. The fraction of sp³-hybridized carbons (Fsp3) is 0.500. The van der Waals surface area contributed by atoms with Crippen LogP contribution < -0.4 is 0 Å². The Morgan fingerprint density at radius 2 is 1.40 bits per heavy atom. The van der Waals surface area contributed by atoms with Gasteiger partial charge in [0, 0.05) is 0 Å². The van der Waals surface area contributed by atoms with Crippen LogP contribution in [-0.2, 0) is 9.53 Å². The van der Waals surface area contributed by atoms with Crippen LogP contribution in [0.2, 0.25) is 0 Å². The van der Waals surface area contributed by atoms with Gasteiger partial charge in [-0.15, -0.1) is 0 Å². The van der Waals surface area contributed by atoms with Crippen molar-refractivity contribution in [1.29, 1.82) is 0 Å². The lowest BCUT2D eigenvalue weighted by molar-refractivity contribution is -0.219. The highest BCUT2D eigenvalue weighted by atomic mass is 19.3. The van der Waals surface area contributed by atoms with Gasteiger partial charge in [0.05, 0.1) is 7.11 Å². The maximum absolute atomic E-state index is 12.4. The highest BCUT2D eigenvalue weighted by Gasteiger charge is 2.67. The van der Waals surface area contributed by atoms with Crippen molar-refractivity contribution >= 4 is 5.97 Å². The van der Waals surface area contributed by atoms with Gasteiger partial charge in [-0.05, 0) is 0 Å². The van der Waals surface area contributed by atoms with E-state index >= 15 is 0 Å². The van der Waals surface area contributed by atoms with Gasteiger partial charge < -0.3 is 4.74 Å². The molecule has 15 heavy (non-hydrogen) atoms. The van der Waals surface area contributed by atoms with Crippen LogP contribution in [0.4, 0.5) is 30.7 Å². The van der Waals surface area contributed by atoms with E-state index in [9.17, 15) is 35.5 Å². The Morgan fingerprint density at radius 3 is 1.67 bits per heavy atom. The van der Waals surface area contributed by atoms with Crippen LogP contribution in [0.5, 0.6) is 0 Å². The maximum atomic E-state index is 12.4. The number of ether oxygens (including phenoxy) is 1. The molecule has 0 bridgehead atoms. The van der Waals surface area contributed by atoms with Crippen molar-refractivity contribution in [2.24, 2.45) is 0 Å². The van der Waals surface area contributed by atoms with Crippen LogP contribution in [-0.4, -0.2) is 24.9 Å². The summed E-state index contributed by atoms with van der Waals surface area (Å²) in [6.07, 6.45) is -3.64. The van der Waals surface area contributed by atoms with Gasteiger partial charge in [0.2, 0.25) is 5.83 Å². The van der Waals surface area contributed by atoms with Crippen molar-refractivity contribution in [3.05, 3.63) is 11.9 Å². The quantitative estimate of drug-likeness (QED) is 0.559. The molecule has 2 nitrogen and oxygen atoms in total. The minimum absolute atomic E-state index is 0.319.